The van der Waals surface area contributed by atoms with Crippen molar-refractivity contribution in [2.75, 3.05) is 0 Å². The van der Waals surface area contributed by atoms with Gasteiger partial charge in [-0.1, -0.05) is 25.5 Å². The Morgan fingerprint density at radius 1 is 1.14 bits per heavy atom. The molecule has 0 bridgehead atoms. The van der Waals surface area contributed by atoms with Crippen molar-refractivity contribution in [3.05, 3.63) is 11.6 Å². The lowest BCUT2D eigenvalue weighted by Gasteiger charge is -2.58. The highest BCUT2D eigenvalue weighted by Gasteiger charge is 2.59. The van der Waals surface area contributed by atoms with Crippen LogP contribution in [0, 0.1) is 34.5 Å². The standard InChI is InChI=1S/C20H30OS/c1-19-11-4-3-5-13(19)6-7-14-15-8-9-17(18(21)22)20(15,2)12-10-16(14)19/h5,14-17H,3-4,6-12H2,1-2H3,(H,21,22)/t14-,15-,16-,17+,19-,20-/m0/s1. The van der Waals surface area contributed by atoms with Gasteiger partial charge in [-0.3, -0.25) is 4.79 Å². The Bertz CT molecular complexity index is 524. The number of fused-ring (bicyclic) bond motifs is 5. The molecule has 0 aromatic carbocycles. The molecule has 3 saturated carbocycles. The highest BCUT2D eigenvalue weighted by molar-refractivity contribution is 7.96. The van der Waals surface area contributed by atoms with Crippen LogP contribution >= 0.6 is 12.6 Å². The lowest BCUT2D eigenvalue weighted by Crippen LogP contribution is -2.50. The summed E-state index contributed by atoms with van der Waals surface area (Å²) in [5, 5.41) is 0.156. The maximum absolute atomic E-state index is 12.0. The molecule has 0 amide bonds. The number of thiol groups is 1. The molecule has 0 saturated heterocycles. The zero-order chi connectivity index (χ0) is 15.5. The quantitative estimate of drug-likeness (QED) is 0.505. The molecule has 3 fully saturated rings. The van der Waals surface area contributed by atoms with E-state index in [1.54, 1.807) is 5.57 Å². The number of allylic oxidation sites excluding steroid dienone is 2. The van der Waals surface area contributed by atoms with Gasteiger partial charge >= 0.3 is 0 Å². The van der Waals surface area contributed by atoms with E-state index in [9.17, 15) is 4.79 Å². The molecule has 0 aromatic heterocycles. The van der Waals surface area contributed by atoms with E-state index < -0.39 is 0 Å². The van der Waals surface area contributed by atoms with Gasteiger partial charge in [0, 0.05) is 5.92 Å². The van der Waals surface area contributed by atoms with Crippen molar-refractivity contribution in [2.45, 2.75) is 71.6 Å². The van der Waals surface area contributed by atoms with Gasteiger partial charge in [-0.25, -0.2) is 0 Å². The molecule has 1 nitrogen and oxygen atoms in total. The normalized spacial score (nSPS) is 50.6. The van der Waals surface area contributed by atoms with E-state index in [0.717, 1.165) is 24.2 Å². The van der Waals surface area contributed by atoms with Gasteiger partial charge in [0.2, 0.25) is 0 Å². The zero-order valence-corrected chi connectivity index (χ0v) is 15.0. The molecule has 0 heterocycles. The summed E-state index contributed by atoms with van der Waals surface area (Å²) >= 11 is 4.23. The van der Waals surface area contributed by atoms with E-state index in [-0.39, 0.29) is 16.4 Å². The molecule has 4 aliphatic rings. The van der Waals surface area contributed by atoms with Crippen LogP contribution in [0.5, 0.6) is 0 Å². The monoisotopic (exact) mass is 318 g/mol. The van der Waals surface area contributed by atoms with Crippen molar-refractivity contribution >= 4 is 17.7 Å². The Morgan fingerprint density at radius 3 is 2.73 bits per heavy atom. The van der Waals surface area contributed by atoms with Crippen molar-refractivity contribution in [2.24, 2.45) is 34.5 Å². The third kappa shape index (κ3) is 1.95. The first-order chi connectivity index (χ1) is 10.5. The fourth-order valence-electron chi connectivity index (χ4n) is 7.16. The molecule has 0 spiro atoms. The van der Waals surface area contributed by atoms with Gasteiger partial charge in [-0.05, 0) is 86.4 Å². The predicted molar refractivity (Wildman–Crippen MR) is 93.8 cm³/mol. The largest absolute Gasteiger partial charge is 0.287 e. The molecule has 0 radical (unpaired) electrons. The van der Waals surface area contributed by atoms with Crippen LogP contribution in [0.1, 0.15) is 71.6 Å². The van der Waals surface area contributed by atoms with Crippen LogP contribution in [-0.4, -0.2) is 5.12 Å². The highest BCUT2D eigenvalue weighted by atomic mass is 32.1. The van der Waals surface area contributed by atoms with Crippen molar-refractivity contribution in [3.63, 3.8) is 0 Å². The van der Waals surface area contributed by atoms with Crippen LogP contribution in [0.2, 0.25) is 0 Å². The number of rotatable bonds is 1. The van der Waals surface area contributed by atoms with Crippen molar-refractivity contribution < 1.29 is 4.79 Å². The topological polar surface area (TPSA) is 17.1 Å². The average molecular weight is 319 g/mol. The predicted octanol–water partition coefficient (Wildman–Crippen LogP) is 5.41. The van der Waals surface area contributed by atoms with Gasteiger partial charge in [0.25, 0.3) is 0 Å². The molecular formula is C20H30OS. The van der Waals surface area contributed by atoms with Crippen LogP contribution < -0.4 is 0 Å². The van der Waals surface area contributed by atoms with E-state index in [4.69, 9.17) is 0 Å². The summed E-state index contributed by atoms with van der Waals surface area (Å²) in [7, 11) is 0. The molecule has 0 N–H and O–H groups in total. The van der Waals surface area contributed by atoms with E-state index in [0.29, 0.717) is 5.41 Å². The summed E-state index contributed by atoms with van der Waals surface area (Å²) in [6.45, 7) is 4.97. The van der Waals surface area contributed by atoms with Crippen molar-refractivity contribution in [1.29, 1.82) is 0 Å². The van der Waals surface area contributed by atoms with Gasteiger partial charge in [-0.2, -0.15) is 0 Å². The molecule has 122 valence electrons. The molecule has 4 rings (SSSR count). The average Bonchev–Trinajstić information content (AvgIpc) is 2.84. The lowest BCUT2D eigenvalue weighted by molar-refractivity contribution is -0.121. The molecule has 6 atom stereocenters. The Kier molecular flexibility index (Phi) is 3.57. The zero-order valence-electron chi connectivity index (χ0n) is 14.1. The number of carbonyl (C=O) groups excluding carboxylic acids is 1. The number of carbonyl (C=O) groups is 1. The summed E-state index contributed by atoms with van der Waals surface area (Å²) in [4.78, 5) is 12.0. The lowest BCUT2D eigenvalue weighted by atomic mass is 9.47. The summed E-state index contributed by atoms with van der Waals surface area (Å²) in [6, 6.07) is 0. The van der Waals surface area contributed by atoms with Crippen LogP contribution in [0.4, 0.5) is 0 Å². The Labute approximate surface area is 140 Å². The third-order valence-electron chi connectivity index (χ3n) is 8.33. The fraction of sp³-hybridized carbons (Fsp3) is 0.850. The smallest absolute Gasteiger partial charge is 0.189 e. The van der Waals surface area contributed by atoms with Gasteiger partial charge in [0.05, 0.1) is 0 Å². The Hall–Kier alpha value is -0.240. The first-order valence-electron chi connectivity index (χ1n) is 9.39. The first kappa shape index (κ1) is 15.3. The maximum Gasteiger partial charge on any atom is 0.189 e. The SMILES string of the molecule is C[C@]12CC[C@H]3[C@@H](CCC4=CCCC[C@@]43C)[C@@H]1CC[C@@H]2C(=O)S. The second-order valence-electron chi connectivity index (χ2n) is 8.97. The summed E-state index contributed by atoms with van der Waals surface area (Å²) < 4.78 is 0. The van der Waals surface area contributed by atoms with Gasteiger partial charge < -0.3 is 0 Å². The second kappa shape index (κ2) is 5.13. The summed E-state index contributed by atoms with van der Waals surface area (Å²) in [5.74, 6) is 2.72. The second-order valence-corrected chi connectivity index (χ2v) is 9.41. The summed E-state index contributed by atoms with van der Waals surface area (Å²) in [5.41, 5.74) is 2.50. The van der Waals surface area contributed by atoms with Crippen LogP contribution in [0.25, 0.3) is 0 Å². The molecule has 0 unspecified atom stereocenters. The number of hydrogen-bond acceptors (Lipinski definition) is 1. The van der Waals surface area contributed by atoms with Crippen LogP contribution in [0.3, 0.4) is 0 Å². The van der Waals surface area contributed by atoms with Crippen molar-refractivity contribution in [1.82, 2.24) is 0 Å². The van der Waals surface area contributed by atoms with Crippen molar-refractivity contribution in [3.8, 4) is 0 Å². The van der Waals surface area contributed by atoms with Crippen LogP contribution in [0.15, 0.2) is 11.6 Å². The minimum absolute atomic E-state index is 0.156. The maximum atomic E-state index is 12.0. The Morgan fingerprint density at radius 2 is 1.95 bits per heavy atom. The molecule has 4 aliphatic carbocycles. The van der Waals surface area contributed by atoms with E-state index >= 15 is 0 Å². The molecule has 0 aromatic rings. The highest BCUT2D eigenvalue weighted by Crippen LogP contribution is 2.66. The van der Waals surface area contributed by atoms with Gasteiger partial charge in [0.1, 0.15) is 0 Å². The fourth-order valence-corrected chi connectivity index (χ4v) is 7.58. The minimum Gasteiger partial charge on any atom is -0.287 e. The van der Waals surface area contributed by atoms with E-state index in [2.05, 4.69) is 32.6 Å². The first-order valence-corrected chi connectivity index (χ1v) is 9.84. The molecule has 22 heavy (non-hydrogen) atoms. The molecular weight excluding hydrogens is 288 g/mol. The summed E-state index contributed by atoms with van der Waals surface area (Å²) in [6.07, 6.45) is 14.3. The van der Waals surface area contributed by atoms with Crippen LogP contribution in [-0.2, 0) is 4.79 Å². The number of hydrogen-bond donors (Lipinski definition) is 1. The molecule has 2 heteroatoms. The Balaban J connectivity index is 1.67. The van der Waals surface area contributed by atoms with E-state index in [1.807, 2.05) is 0 Å². The van der Waals surface area contributed by atoms with E-state index in [1.165, 1.54) is 51.4 Å². The third-order valence-corrected chi connectivity index (χ3v) is 8.64. The molecule has 0 aliphatic heterocycles. The van der Waals surface area contributed by atoms with Gasteiger partial charge in [-0.15, -0.1) is 12.6 Å². The minimum atomic E-state index is 0.156. The van der Waals surface area contributed by atoms with Gasteiger partial charge in [0.15, 0.2) is 5.12 Å².